The first-order chi connectivity index (χ1) is 10.1. The summed E-state index contributed by atoms with van der Waals surface area (Å²) in [6, 6.07) is 6.75. The van der Waals surface area contributed by atoms with Crippen LogP contribution in [0.25, 0.3) is 0 Å². The summed E-state index contributed by atoms with van der Waals surface area (Å²) in [5.74, 6) is -0.550. The van der Waals surface area contributed by atoms with Crippen molar-refractivity contribution >= 4 is 28.3 Å². The van der Waals surface area contributed by atoms with E-state index in [9.17, 15) is 9.59 Å². The number of nitrogens with one attached hydrogen (secondary N) is 1. The number of benzene rings is 1. The van der Waals surface area contributed by atoms with Crippen molar-refractivity contribution in [2.24, 2.45) is 0 Å². The molecule has 2 N–H and O–H groups in total. The second kappa shape index (κ2) is 6.85. The first-order valence-corrected chi connectivity index (χ1v) is 7.17. The van der Waals surface area contributed by atoms with Gasteiger partial charge in [-0.05, 0) is 31.2 Å². The molecule has 1 heterocycles. The van der Waals surface area contributed by atoms with Crippen molar-refractivity contribution in [3.63, 3.8) is 0 Å². The van der Waals surface area contributed by atoms with Gasteiger partial charge in [0.25, 0.3) is 5.91 Å². The van der Waals surface area contributed by atoms with Gasteiger partial charge in [0.05, 0.1) is 18.7 Å². The maximum atomic E-state index is 12.0. The second-order valence-corrected chi connectivity index (χ2v) is 4.98. The number of aliphatic carboxylic acids is 1. The second-order valence-electron chi connectivity index (χ2n) is 4.13. The molecule has 21 heavy (non-hydrogen) atoms. The van der Waals surface area contributed by atoms with E-state index in [1.807, 2.05) is 6.92 Å². The average Bonchev–Trinajstić information content (AvgIpc) is 2.86. The van der Waals surface area contributed by atoms with E-state index in [2.05, 4.69) is 10.3 Å². The Bertz CT molecular complexity index is 637. The zero-order valence-corrected chi connectivity index (χ0v) is 12.1. The van der Waals surface area contributed by atoms with Crippen LogP contribution in [-0.2, 0) is 11.2 Å². The van der Waals surface area contributed by atoms with Crippen molar-refractivity contribution in [3.8, 4) is 5.75 Å². The Balaban J connectivity index is 2.00. The van der Waals surface area contributed by atoms with Gasteiger partial charge in [-0.15, -0.1) is 11.3 Å². The molecule has 0 unspecified atom stereocenters. The van der Waals surface area contributed by atoms with Crippen LogP contribution in [0.5, 0.6) is 5.75 Å². The topological polar surface area (TPSA) is 88.5 Å². The molecule has 0 spiro atoms. The molecule has 1 aromatic heterocycles. The van der Waals surface area contributed by atoms with Crippen molar-refractivity contribution in [3.05, 3.63) is 40.9 Å². The highest BCUT2D eigenvalue weighted by Crippen LogP contribution is 2.18. The third kappa shape index (κ3) is 4.28. The summed E-state index contributed by atoms with van der Waals surface area (Å²) in [4.78, 5) is 26.6. The van der Waals surface area contributed by atoms with Gasteiger partial charge in [0.1, 0.15) is 5.75 Å². The Labute approximate surface area is 125 Å². The fourth-order valence-corrected chi connectivity index (χ4v) is 2.34. The maximum Gasteiger partial charge on any atom is 0.309 e. The molecule has 0 bridgehead atoms. The number of amides is 1. The molecule has 0 atom stereocenters. The molecule has 110 valence electrons. The van der Waals surface area contributed by atoms with Crippen LogP contribution in [0.4, 0.5) is 5.13 Å². The van der Waals surface area contributed by atoms with Gasteiger partial charge in [-0.1, -0.05) is 0 Å². The minimum atomic E-state index is -0.954. The van der Waals surface area contributed by atoms with Gasteiger partial charge < -0.3 is 9.84 Å². The molecular formula is C14H14N2O4S. The zero-order chi connectivity index (χ0) is 15.2. The smallest absolute Gasteiger partial charge is 0.309 e. The van der Waals surface area contributed by atoms with Crippen molar-refractivity contribution in [1.82, 2.24) is 4.98 Å². The summed E-state index contributed by atoms with van der Waals surface area (Å²) in [7, 11) is 0. The summed E-state index contributed by atoms with van der Waals surface area (Å²) >= 11 is 1.19. The predicted octanol–water partition coefficient (Wildman–Crippen LogP) is 2.42. The van der Waals surface area contributed by atoms with Crippen LogP contribution in [0.1, 0.15) is 23.0 Å². The Morgan fingerprint density at radius 1 is 1.33 bits per heavy atom. The summed E-state index contributed by atoms with van der Waals surface area (Å²) in [6.45, 7) is 2.45. The molecule has 0 aliphatic rings. The van der Waals surface area contributed by atoms with Gasteiger partial charge >= 0.3 is 5.97 Å². The Kier molecular flexibility index (Phi) is 4.89. The van der Waals surface area contributed by atoms with Crippen molar-refractivity contribution in [2.75, 3.05) is 11.9 Å². The molecule has 2 aromatic rings. The van der Waals surface area contributed by atoms with Crippen LogP contribution >= 0.6 is 11.3 Å². The van der Waals surface area contributed by atoms with Crippen molar-refractivity contribution in [2.45, 2.75) is 13.3 Å². The zero-order valence-electron chi connectivity index (χ0n) is 11.3. The lowest BCUT2D eigenvalue weighted by atomic mass is 10.2. The fraction of sp³-hybridized carbons (Fsp3) is 0.214. The molecule has 0 saturated carbocycles. The molecule has 6 nitrogen and oxygen atoms in total. The first kappa shape index (κ1) is 15.0. The number of rotatable bonds is 6. The number of anilines is 1. The van der Waals surface area contributed by atoms with E-state index in [0.717, 1.165) is 0 Å². The van der Waals surface area contributed by atoms with Crippen molar-refractivity contribution < 1.29 is 19.4 Å². The third-order valence-electron chi connectivity index (χ3n) is 2.53. The summed E-state index contributed by atoms with van der Waals surface area (Å²) < 4.78 is 5.30. The Morgan fingerprint density at radius 3 is 2.67 bits per heavy atom. The fourth-order valence-electron chi connectivity index (χ4n) is 1.64. The number of hydrogen-bond donors (Lipinski definition) is 2. The minimum Gasteiger partial charge on any atom is -0.494 e. The monoisotopic (exact) mass is 306 g/mol. The maximum absolute atomic E-state index is 12.0. The molecule has 0 aliphatic heterocycles. The van der Waals surface area contributed by atoms with Gasteiger partial charge in [-0.3, -0.25) is 14.9 Å². The lowest BCUT2D eigenvalue weighted by Crippen LogP contribution is -2.11. The molecule has 0 aliphatic carbocycles. The van der Waals surface area contributed by atoms with Gasteiger partial charge in [0.15, 0.2) is 5.13 Å². The normalized spacial score (nSPS) is 10.1. The number of carbonyl (C=O) groups is 2. The van der Waals surface area contributed by atoms with Gasteiger partial charge in [0.2, 0.25) is 0 Å². The standard InChI is InChI=1S/C14H14N2O4S/c1-2-20-11-5-3-9(4-6-11)13(19)16-14-15-10(8-21-14)7-12(17)18/h3-6,8H,2,7H2,1H3,(H,17,18)(H,15,16,19). The quantitative estimate of drug-likeness (QED) is 0.855. The molecule has 0 radical (unpaired) electrons. The van der Waals surface area contributed by atoms with E-state index in [-0.39, 0.29) is 12.3 Å². The molecule has 0 fully saturated rings. The number of nitrogens with zero attached hydrogens (tertiary/aromatic N) is 1. The number of aromatic nitrogens is 1. The van der Waals surface area contributed by atoms with E-state index < -0.39 is 5.97 Å². The minimum absolute atomic E-state index is 0.157. The number of ether oxygens (including phenoxy) is 1. The molecular weight excluding hydrogens is 292 g/mol. The SMILES string of the molecule is CCOc1ccc(C(=O)Nc2nc(CC(=O)O)cs2)cc1. The van der Waals surface area contributed by atoms with Crippen LogP contribution in [0.3, 0.4) is 0 Å². The number of thiazole rings is 1. The van der Waals surface area contributed by atoms with E-state index in [1.54, 1.807) is 29.6 Å². The summed E-state index contributed by atoms with van der Waals surface area (Å²) in [6.07, 6.45) is -0.157. The van der Waals surface area contributed by atoms with Crippen LogP contribution in [0.15, 0.2) is 29.6 Å². The van der Waals surface area contributed by atoms with E-state index in [1.165, 1.54) is 11.3 Å². The Morgan fingerprint density at radius 2 is 2.05 bits per heavy atom. The highest BCUT2D eigenvalue weighted by atomic mass is 32.1. The molecule has 2 rings (SSSR count). The molecule has 1 amide bonds. The molecule has 1 aromatic carbocycles. The van der Waals surface area contributed by atoms with Gasteiger partial charge in [-0.25, -0.2) is 4.98 Å². The Hall–Kier alpha value is -2.41. The number of carboxylic acid groups (broad SMARTS) is 1. The van der Waals surface area contributed by atoms with Crippen LogP contribution < -0.4 is 10.1 Å². The van der Waals surface area contributed by atoms with Gasteiger partial charge in [-0.2, -0.15) is 0 Å². The van der Waals surface area contributed by atoms with E-state index in [4.69, 9.17) is 9.84 Å². The van der Waals surface area contributed by atoms with Crippen LogP contribution in [0.2, 0.25) is 0 Å². The van der Waals surface area contributed by atoms with Crippen LogP contribution in [0, 0.1) is 0 Å². The number of carbonyl (C=O) groups excluding carboxylic acids is 1. The number of hydrogen-bond acceptors (Lipinski definition) is 5. The molecule has 7 heteroatoms. The average molecular weight is 306 g/mol. The summed E-state index contributed by atoms with van der Waals surface area (Å²) in [5, 5.41) is 13.3. The lowest BCUT2D eigenvalue weighted by molar-refractivity contribution is -0.136. The predicted molar refractivity (Wildman–Crippen MR) is 79.0 cm³/mol. The lowest BCUT2D eigenvalue weighted by Gasteiger charge is -2.04. The highest BCUT2D eigenvalue weighted by Gasteiger charge is 2.10. The van der Waals surface area contributed by atoms with E-state index in [0.29, 0.717) is 28.7 Å². The third-order valence-corrected chi connectivity index (χ3v) is 3.34. The van der Waals surface area contributed by atoms with Crippen LogP contribution in [-0.4, -0.2) is 28.6 Å². The number of carboxylic acids is 1. The first-order valence-electron chi connectivity index (χ1n) is 6.29. The largest absolute Gasteiger partial charge is 0.494 e. The van der Waals surface area contributed by atoms with E-state index >= 15 is 0 Å². The highest BCUT2D eigenvalue weighted by molar-refractivity contribution is 7.14. The van der Waals surface area contributed by atoms with Crippen molar-refractivity contribution in [1.29, 1.82) is 0 Å². The summed E-state index contributed by atoms with van der Waals surface area (Å²) in [5.41, 5.74) is 0.905. The molecule has 0 saturated heterocycles. The van der Waals surface area contributed by atoms with Gasteiger partial charge in [0, 0.05) is 10.9 Å².